The molecule has 0 N–H and O–H groups in total. The molecule has 2 aliphatic rings. The van der Waals surface area contributed by atoms with E-state index in [1.807, 2.05) is 41.8 Å². The number of aryl methyl sites for hydroxylation is 1. The largest absolute Gasteiger partial charge is 0.371 e. The fourth-order valence-electron chi connectivity index (χ4n) is 3.39. The van der Waals surface area contributed by atoms with E-state index in [-0.39, 0.29) is 16.8 Å². The van der Waals surface area contributed by atoms with Crippen LogP contribution in [0.2, 0.25) is 0 Å². The lowest BCUT2D eigenvalue weighted by molar-refractivity contribution is 0.0242. The Kier molecular flexibility index (Phi) is 4.43. The first-order valence-corrected chi connectivity index (χ1v) is 9.36. The standard InChI is InChI=1S/C18H20N4O2S/c1-13-3-2-4-14(21-13)8-24-15-7-18(25-9-15)10-22(11-18)17(23)16-5-6-19-12-20-16/h2-6,12,15H,7-11H2,1H3/t15-/m0/s1. The van der Waals surface area contributed by atoms with Crippen molar-refractivity contribution < 1.29 is 9.53 Å². The maximum atomic E-state index is 12.4. The quantitative estimate of drug-likeness (QED) is 0.836. The SMILES string of the molecule is Cc1cccc(CO[C@@H]2CSC3(C2)CN(C(=O)c2ccncn2)C3)n1. The van der Waals surface area contributed by atoms with Gasteiger partial charge in [-0.15, -0.1) is 11.8 Å². The lowest BCUT2D eigenvalue weighted by atomic mass is 9.92. The number of likely N-dealkylation sites (tertiary alicyclic amines) is 1. The summed E-state index contributed by atoms with van der Waals surface area (Å²) >= 11 is 1.92. The zero-order valence-corrected chi connectivity index (χ0v) is 14.9. The third kappa shape index (κ3) is 3.52. The molecule has 25 heavy (non-hydrogen) atoms. The summed E-state index contributed by atoms with van der Waals surface area (Å²) in [6.07, 6.45) is 4.22. The van der Waals surface area contributed by atoms with Crippen molar-refractivity contribution in [1.29, 1.82) is 0 Å². The van der Waals surface area contributed by atoms with E-state index in [0.29, 0.717) is 12.3 Å². The number of amides is 1. The second kappa shape index (κ2) is 6.72. The van der Waals surface area contributed by atoms with Crippen LogP contribution in [-0.2, 0) is 11.3 Å². The minimum atomic E-state index is -0.0121. The van der Waals surface area contributed by atoms with Crippen molar-refractivity contribution in [1.82, 2.24) is 19.9 Å². The molecule has 2 saturated heterocycles. The van der Waals surface area contributed by atoms with Crippen molar-refractivity contribution in [3.63, 3.8) is 0 Å². The topological polar surface area (TPSA) is 68.2 Å². The van der Waals surface area contributed by atoms with Crippen molar-refractivity contribution in [3.05, 3.63) is 53.9 Å². The van der Waals surface area contributed by atoms with Crippen LogP contribution in [0.4, 0.5) is 0 Å². The molecule has 0 saturated carbocycles. The number of hydrogen-bond donors (Lipinski definition) is 0. The van der Waals surface area contributed by atoms with Gasteiger partial charge in [0.05, 0.1) is 23.2 Å². The molecule has 2 aromatic heterocycles. The summed E-state index contributed by atoms with van der Waals surface area (Å²) in [7, 11) is 0. The third-order valence-electron chi connectivity index (χ3n) is 4.63. The summed E-state index contributed by atoms with van der Waals surface area (Å²) in [5.41, 5.74) is 2.45. The van der Waals surface area contributed by atoms with E-state index in [1.54, 1.807) is 12.3 Å². The van der Waals surface area contributed by atoms with Gasteiger partial charge in [-0.1, -0.05) is 6.07 Å². The number of nitrogens with zero attached hydrogens (tertiary/aromatic N) is 4. The monoisotopic (exact) mass is 356 g/mol. The molecule has 1 amide bonds. The van der Waals surface area contributed by atoms with Gasteiger partial charge in [-0.05, 0) is 31.5 Å². The van der Waals surface area contributed by atoms with Gasteiger partial charge in [0.15, 0.2) is 0 Å². The molecule has 4 heterocycles. The van der Waals surface area contributed by atoms with Crippen LogP contribution < -0.4 is 0 Å². The maximum Gasteiger partial charge on any atom is 0.272 e. The molecule has 0 aromatic carbocycles. The lowest BCUT2D eigenvalue weighted by Gasteiger charge is -2.47. The summed E-state index contributed by atoms with van der Waals surface area (Å²) in [6.45, 7) is 4.07. The third-order valence-corrected chi connectivity index (χ3v) is 6.21. The number of pyridine rings is 1. The van der Waals surface area contributed by atoms with Crippen LogP contribution in [0.5, 0.6) is 0 Å². The van der Waals surface area contributed by atoms with Crippen LogP contribution in [0.1, 0.15) is 28.3 Å². The Morgan fingerprint density at radius 2 is 2.28 bits per heavy atom. The van der Waals surface area contributed by atoms with Gasteiger partial charge in [-0.25, -0.2) is 9.97 Å². The van der Waals surface area contributed by atoms with Crippen molar-refractivity contribution in [3.8, 4) is 0 Å². The first-order valence-electron chi connectivity index (χ1n) is 8.37. The van der Waals surface area contributed by atoms with Crippen LogP contribution >= 0.6 is 11.8 Å². The van der Waals surface area contributed by atoms with Gasteiger partial charge >= 0.3 is 0 Å². The molecule has 4 rings (SSSR count). The second-order valence-corrected chi connectivity index (χ2v) is 8.15. The number of aromatic nitrogens is 3. The van der Waals surface area contributed by atoms with Crippen LogP contribution in [0.3, 0.4) is 0 Å². The number of ether oxygens (including phenoxy) is 1. The van der Waals surface area contributed by atoms with Gasteiger partial charge in [0.25, 0.3) is 5.91 Å². The molecule has 2 aromatic rings. The fourth-order valence-corrected chi connectivity index (χ4v) is 4.94. The minimum absolute atomic E-state index is 0.0121. The maximum absolute atomic E-state index is 12.4. The van der Waals surface area contributed by atoms with Gasteiger partial charge in [0.2, 0.25) is 0 Å². The predicted octanol–water partition coefficient (Wildman–Crippen LogP) is 2.10. The van der Waals surface area contributed by atoms with Crippen LogP contribution in [0.15, 0.2) is 36.8 Å². The first-order chi connectivity index (χ1) is 12.1. The van der Waals surface area contributed by atoms with Gasteiger partial charge < -0.3 is 9.64 Å². The summed E-state index contributed by atoms with van der Waals surface area (Å²) in [5, 5.41) is 0. The Hall–Kier alpha value is -1.99. The number of rotatable bonds is 4. The Labute approximate surface area is 151 Å². The minimum Gasteiger partial charge on any atom is -0.371 e. The van der Waals surface area contributed by atoms with Crippen LogP contribution in [0.25, 0.3) is 0 Å². The number of hydrogen-bond acceptors (Lipinski definition) is 6. The molecule has 2 aliphatic heterocycles. The molecule has 1 atom stereocenters. The molecule has 1 spiro atoms. The van der Waals surface area contributed by atoms with E-state index in [4.69, 9.17) is 4.74 Å². The highest BCUT2D eigenvalue weighted by Crippen LogP contribution is 2.46. The van der Waals surface area contributed by atoms with E-state index in [1.165, 1.54) is 6.33 Å². The molecular weight excluding hydrogens is 336 g/mol. The highest BCUT2D eigenvalue weighted by molar-refractivity contribution is 8.01. The van der Waals surface area contributed by atoms with Crippen molar-refractivity contribution >= 4 is 17.7 Å². The van der Waals surface area contributed by atoms with Crippen molar-refractivity contribution in [2.24, 2.45) is 0 Å². The summed E-state index contributed by atoms with van der Waals surface area (Å²) in [5.74, 6) is 0.961. The number of thioether (sulfide) groups is 1. The van der Waals surface area contributed by atoms with Gasteiger partial charge in [-0.3, -0.25) is 9.78 Å². The molecule has 7 heteroatoms. The molecule has 0 radical (unpaired) electrons. The predicted molar refractivity (Wildman–Crippen MR) is 95.3 cm³/mol. The Bertz CT molecular complexity index is 765. The smallest absolute Gasteiger partial charge is 0.272 e. The summed E-state index contributed by atoms with van der Waals surface area (Å²) < 4.78 is 6.19. The Morgan fingerprint density at radius 3 is 3.04 bits per heavy atom. The van der Waals surface area contributed by atoms with Crippen molar-refractivity contribution in [2.75, 3.05) is 18.8 Å². The fraction of sp³-hybridized carbons (Fsp3) is 0.444. The zero-order valence-electron chi connectivity index (χ0n) is 14.1. The first kappa shape index (κ1) is 16.5. The van der Waals surface area contributed by atoms with E-state index >= 15 is 0 Å². The Morgan fingerprint density at radius 1 is 1.40 bits per heavy atom. The second-order valence-electron chi connectivity index (χ2n) is 6.66. The highest BCUT2D eigenvalue weighted by Gasteiger charge is 2.51. The zero-order chi connectivity index (χ0) is 17.3. The molecule has 0 aliphatic carbocycles. The number of carbonyl (C=O) groups is 1. The van der Waals surface area contributed by atoms with E-state index in [2.05, 4.69) is 15.0 Å². The Balaban J connectivity index is 1.28. The van der Waals surface area contributed by atoms with Crippen LogP contribution in [-0.4, -0.2) is 55.5 Å². The van der Waals surface area contributed by atoms with E-state index in [9.17, 15) is 4.79 Å². The normalized spacial score (nSPS) is 21.3. The molecule has 130 valence electrons. The average Bonchev–Trinajstić information content (AvgIpc) is 3.04. The van der Waals surface area contributed by atoms with Gasteiger partial charge in [-0.2, -0.15) is 0 Å². The van der Waals surface area contributed by atoms with E-state index < -0.39 is 0 Å². The number of carbonyl (C=O) groups excluding carboxylic acids is 1. The highest BCUT2D eigenvalue weighted by atomic mass is 32.2. The molecule has 0 unspecified atom stereocenters. The van der Waals surface area contributed by atoms with Gasteiger partial charge in [0.1, 0.15) is 12.0 Å². The van der Waals surface area contributed by atoms with E-state index in [0.717, 1.165) is 36.7 Å². The van der Waals surface area contributed by atoms with Crippen molar-refractivity contribution in [2.45, 2.75) is 30.8 Å². The molecular formula is C18H20N4O2S. The molecule has 2 fully saturated rings. The lowest BCUT2D eigenvalue weighted by Crippen LogP contribution is -2.60. The summed E-state index contributed by atoms with van der Waals surface area (Å²) in [6, 6.07) is 7.65. The molecule has 0 bridgehead atoms. The van der Waals surface area contributed by atoms with Gasteiger partial charge in [0, 0.05) is 30.7 Å². The molecule has 6 nitrogen and oxygen atoms in total. The average molecular weight is 356 g/mol. The van der Waals surface area contributed by atoms with Crippen LogP contribution in [0, 0.1) is 6.92 Å². The summed E-state index contributed by atoms with van der Waals surface area (Å²) in [4.78, 5) is 26.6.